The van der Waals surface area contributed by atoms with E-state index in [9.17, 15) is 0 Å². The molecule has 0 heteroatoms. The first-order chi connectivity index (χ1) is 9.83. The molecule has 0 heterocycles. The van der Waals surface area contributed by atoms with Gasteiger partial charge in [0.1, 0.15) is 0 Å². The summed E-state index contributed by atoms with van der Waals surface area (Å²) in [5.74, 6) is 0.579. The molecule has 2 aliphatic rings. The molecule has 0 aromatic heterocycles. The van der Waals surface area contributed by atoms with Gasteiger partial charge in [0.15, 0.2) is 0 Å². The second-order valence-electron chi connectivity index (χ2n) is 5.85. The molecule has 2 aromatic carbocycles. The van der Waals surface area contributed by atoms with E-state index in [4.69, 9.17) is 0 Å². The van der Waals surface area contributed by atoms with Crippen LogP contribution in [0.5, 0.6) is 0 Å². The van der Waals surface area contributed by atoms with Crippen molar-refractivity contribution in [2.45, 2.75) is 19.8 Å². The molecule has 0 bridgehead atoms. The van der Waals surface area contributed by atoms with Crippen molar-refractivity contribution in [1.29, 1.82) is 0 Å². The van der Waals surface area contributed by atoms with Crippen LogP contribution < -0.4 is 0 Å². The fourth-order valence-electron chi connectivity index (χ4n) is 3.50. The Morgan fingerprint density at radius 1 is 0.950 bits per heavy atom. The van der Waals surface area contributed by atoms with Crippen LogP contribution in [0.1, 0.15) is 22.3 Å². The minimum absolute atomic E-state index is 0.579. The second-order valence-corrected chi connectivity index (χ2v) is 5.85. The van der Waals surface area contributed by atoms with Gasteiger partial charge in [-0.25, -0.2) is 0 Å². The van der Waals surface area contributed by atoms with Crippen molar-refractivity contribution in [2.24, 2.45) is 5.92 Å². The molecule has 0 nitrogen and oxygen atoms in total. The summed E-state index contributed by atoms with van der Waals surface area (Å²) in [6, 6.07) is 13.5. The Labute approximate surface area is 120 Å². The van der Waals surface area contributed by atoms with Gasteiger partial charge >= 0.3 is 0 Å². The average molecular weight is 258 g/mol. The van der Waals surface area contributed by atoms with Crippen LogP contribution in [0, 0.1) is 12.8 Å². The monoisotopic (exact) mass is 258 g/mol. The van der Waals surface area contributed by atoms with Gasteiger partial charge in [-0.15, -0.1) is 0 Å². The van der Waals surface area contributed by atoms with Crippen LogP contribution >= 0.6 is 0 Å². The topological polar surface area (TPSA) is 0 Å². The maximum absolute atomic E-state index is 2.33. The van der Waals surface area contributed by atoms with Crippen molar-refractivity contribution in [3.63, 3.8) is 0 Å². The first kappa shape index (κ1) is 11.7. The van der Waals surface area contributed by atoms with E-state index < -0.39 is 0 Å². The summed E-state index contributed by atoms with van der Waals surface area (Å²) in [5.41, 5.74) is 8.88. The Morgan fingerprint density at radius 2 is 1.75 bits per heavy atom. The van der Waals surface area contributed by atoms with Crippen molar-refractivity contribution in [1.82, 2.24) is 0 Å². The first-order valence-corrected chi connectivity index (χ1v) is 7.37. The molecule has 0 atom stereocenters. The predicted molar refractivity (Wildman–Crippen MR) is 84.9 cm³/mol. The van der Waals surface area contributed by atoms with Crippen molar-refractivity contribution in [3.05, 3.63) is 83.0 Å². The lowest BCUT2D eigenvalue weighted by atomic mass is 9.91. The van der Waals surface area contributed by atoms with E-state index in [0.29, 0.717) is 5.92 Å². The highest BCUT2D eigenvalue weighted by Crippen LogP contribution is 2.39. The van der Waals surface area contributed by atoms with E-state index >= 15 is 0 Å². The molecule has 0 N–H and O–H groups in total. The van der Waals surface area contributed by atoms with Gasteiger partial charge < -0.3 is 0 Å². The van der Waals surface area contributed by atoms with E-state index in [1.807, 2.05) is 0 Å². The summed E-state index contributed by atoms with van der Waals surface area (Å²) in [6.45, 7) is 2.29. The largest absolute Gasteiger partial charge is 0.0773 e. The Morgan fingerprint density at radius 3 is 2.60 bits per heavy atom. The molecule has 0 saturated heterocycles. The van der Waals surface area contributed by atoms with Crippen molar-refractivity contribution in [3.8, 4) is 11.1 Å². The average Bonchev–Trinajstić information content (AvgIpc) is 3.09. The molecule has 0 radical (unpaired) electrons. The third-order valence-electron chi connectivity index (χ3n) is 4.67. The number of fused-ring (bicyclic) bond motifs is 3. The Hall–Kier alpha value is -2.08. The maximum Gasteiger partial charge on any atom is -0.000673 e. The SMILES string of the molecule is Cc1c(CC2C=CC=C2)ccc2c1Cc1ccccc1-2. The highest BCUT2D eigenvalue weighted by Gasteiger charge is 2.21. The van der Waals surface area contributed by atoms with Crippen LogP contribution in [-0.2, 0) is 12.8 Å². The zero-order valence-electron chi connectivity index (χ0n) is 11.8. The molecule has 0 unspecified atom stereocenters. The number of allylic oxidation sites excluding steroid dienone is 4. The van der Waals surface area contributed by atoms with Crippen LogP contribution in [0.3, 0.4) is 0 Å². The third-order valence-corrected chi connectivity index (χ3v) is 4.67. The summed E-state index contributed by atoms with van der Waals surface area (Å²) in [6.07, 6.45) is 11.1. The van der Waals surface area contributed by atoms with E-state index in [-0.39, 0.29) is 0 Å². The summed E-state index contributed by atoms with van der Waals surface area (Å²) >= 11 is 0. The minimum atomic E-state index is 0.579. The van der Waals surface area contributed by atoms with E-state index in [1.165, 1.54) is 33.4 Å². The molecule has 2 aliphatic carbocycles. The lowest BCUT2D eigenvalue weighted by Crippen LogP contribution is -2.00. The van der Waals surface area contributed by atoms with Gasteiger partial charge in [0, 0.05) is 0 Å². The van der Waals surface area contributed by atoms with E-state index in [0.717, 1.165) is 12.8 Å². The highest BCUT2D eigenvalue weighted by atomic mass is 14.2. The molecule has 2 aromatic rings. The quantitative estimate of drug-likeness (QED) is 0.616. The van der Waals surface area contributed by atoms with E-state index in [1.54, 1.807) is 0 Å². The van der Waals surface area contributed by atoms with Crippen molar-refractivity contribution in [2.75, 3.05) is 0 Å². The minimum Gasteiger partial charge on any atom is -0.0773 e. The molecule has 0 saturated carbocycles. The van der Waals surface area contributed by atoms with Crippen LogP contribution in [0.4, 0.5) is 0 Å². The molecule has 0 amide bonds. The molecular formula is C20H18. The number of hydrogen-bond acceptors (Lipinski definition) is 0. The smallest absolute Gasteiger partial charge is 0.000673 e. The van der Waals surface area contributed by atoms with Crippen molar-refractivity contribution >= 4 is 0 Å². The van der Waals surface area contributed by atoms with Gasteiger partial charge in [-0.05, 0) is 59.1 Å². The van der Waals surface area contributed by atoms with Gasteiger partial charge in [0.05, 0.1) is 0 Å². The molecule has 98 valence electrons. The predicted octanol–water partition coefficient (Wildman–Crippen LogP) is 4.85. The zero-order valence-corrected chi connectivity index (χ0v) is 11.8. The van der Waals surface area contributed by atoms with Gasteiger partial charge in [-0.2, -0.15) is 0 Å². The Balaban J connectivity index is 1.74. The van der Waals surface area contributed by atoms with Gasteiger partial charge in [-0.3, -0.25) is 0 Å². The molecule has 20 heavy (non-hydrogen) atoms. The Kier molecular flexibility index (Phi) is 2.63. The molecular weight excluding hydrogens is 240 g/mol. The van der Waals surface area contributed by atoms with Crippen LogP contribution in [0.15, 0.2) is 60.7 Å². The standard InChI is InChI=1S/C20H18/c1-14-16(12-15-6-2-3-7-15)10-11-19-18-9-5-4-8-17(18)13-20(14)19/h2-11,15H,12-13H2,1H3. The lowest BCUT2D eigenvalue weighted by Gasteiger charge is -2.13. The fraction of sp³-hybridized carbons (Fsp3) is 0.200. The molecule has 0 spiro atoms. The maximum atomic E-state index is 2.33. The summed E-state index contributed by atoms with van der Waals surface area (Å²) in [5, 5.41) is 0. The number of benzene rings is 2. The zero-order chi connectivity index (χ0) is 13.5. The molecule has 0 aliphatic heterocycles. The van der Waals surface area contributed by atoms with Gasteiger partial charge in [0.2, 0.25) is 0 Å². The van der Waals surface area contributed by atoms with Gasteiger partial charge in [0.25, 0.3) is 0 Å². The summed E-state index contributed by atoms with van der Waals surface area (Å²) in [4.78, 5) is 0. The first-order valence-electron chi connectivity index (χ1n) is 7.37. The molecule has 0 fully saturated rings. The fourth-order valence-corrected chi connectivity index (χ4v) is 3.50. The lowest BCUT2D eigenvalue weighted by molar-refractivity contribution is 0.809. The normalized spacial score (nSPS) is 15.7. The summed E-state index contributed by atoms with van der Waals surface area (Å²) < 4.78 is 0. The van der Waals surface area contributed by atoms with Crippen LogP contribution in [-0.4, -0.2) is 0 Å². The Bertz CT molecular complexity index is 720. The second kappa shape index (κ2) is 4.49. The van der Waals surface area contributed by atoms with Gasteiger partial charge in [-0.1, -0.05) is 60.7 Å². The summed E-state index contributed by atoms with van der Waals surface area (Å²) in [7, 11) is 0. The number of hydrogen-bond donors (Lipinski definition) is 0. The van der Waals surface area contributed by atoms with Crippen molar-refractivity contribution < 1.29 is 0 Å². The highest BCUT2D eigenvalue weighted by molar-refractivity contribution is 5.78. The molecule has 4 rings (SSSR count). The number of rotatable bonds is 2. The van der Waals surface area contributed by atoms with E-state index in [2.05, 4.69) is 67.6 Å². The van der Waals surface area contributed by atoms with Crippen LogP contribution in [0.2, 0.25) is 0 Å². The third kappa shape index (κ3) is 1.76. The van der Waals surface area contributed by atoms with Crippen LogP contribution in [0.25, 0.3) is 11.1 Å².